The van der Waals surface area contributed by atoms with Gasteiger partial charge in [-0.2, -0.15) is 0 Å². The smallest absolute Gasteiger partial charge is 0.219 e. The van der Waals surface area contributed by atoms with E-state index in [1.165, 1.54) is 0 Å². The topological polar surface area (TPSA) is 48.5 Å². The molecule has 5 heteroatoms. The maximum absolute atomic E-state index is 11.3. The Labute approximate surface area is 121 Å². The molecule has 0 radical (unpaired) electrons. The van der Waals surface area contributed by atoms with Crippen LogP contribution in [0.3, 0.4) is 0 Å². The number of hydrogen-bond acceptors (Lipinski definition) is 4. The predicted octanol–water partition coefficient (Wildman–Crippen LogP) is 1.88. The lowest BCUT2D eigenvalue weighted by atomic mass is 10.0. The molecule has 1 aromatic rings. The van der Waals surface area contributed by atoms with Crippen LogP contribution in [0, 0.1) is 6.92 Å². The summed E-state index contributed by atoms with van der Waals surface area (Å²) in [5, 5.41) is 3.58. The van der Waals surface area contributed by atoms with E-state index in [1.54, 1.807) is 6.92 Å². The molecule has 0 saturated carbocycles. The Kier molecular flexibility index (Phi) is 4.47. The SMILES string of the molecule is CC(=O)N1CCC(Nc2ccc(C)nc2N(C)C)CC1. The third-order valence-corrected chi connectivity index (χ3v) is 3.74. The molecule has 1 amide bonds. The van der Waals surface area contributed by atoms with Crippen molar-refractivity contribution in [2.45, 2.75) is 32.7 Å². The van der Waals surface area contributed by atoms with Gasteiger partial charge in [0.05, 0.1) is 5.69 Å². The van der Waals surface area contributed by atoms with Crippen molar-refractivity contribution >= 4 is 17.4 Å². The first-order valence-corrected chi connectivity index (χ1v) is 7.14. The number of hydrogen-bond donors (Lipinski definition) is 1. The van der Waals surface area contributed by atoms with Crippen LogP contribution in [0.4, 0.5) is 11.5 Å². The molecule has 0 atom stereocenters. The van der Waals surface area contributed by atoms with E-state index < -0.39 is 0 Å². The molecule has 1 fully saturated rings. The first kappa shape index (κ1) is 14.6. The molecule has 5 nitrogen and oxygen atoms in total. The predicted molar refractivity (Wildman–Crippen MR) is 82.2 cm³/mol. The molecule has 2 heterocycles. The molecule has 0 bridgehead atoms. The molecule has 1 aliphatic rings. The van der Waals surface area contributed by atoms with Gasteiger partial charge in [0.2, 0.25) is 5.91 Å². The van der Waals surface area contributed by atoms with Gasteiger partial charge in [0, 0.05) is 45.8 Å². The Balaban J connectivity index is 2.03. The fourth-order valence-corrected chi connectivity index (χ4v) is 2.56. The minimum atomic E-state index is 0.175. The fourth-order valence-electron chi connectivity index (χ4n) is 2.56. The van der Waals surface area contributed by atoms with Gasteiger partial charge in [-0.3, -0.25) is 4.79 Å². The lowest BCUT2D eigenvalue weighted by Gasteiger charge is -2.33. The zero-order valence-corrected chi connectivity index (χ0v) is 12.8. The van der Waals surface area contributed by atoms with Crippen molar-refractivity contribution in [1.29, 1.82) is 0 Å². The number of carbonyl (C=O) groups is 1. The lowest BCUT2D eigenvalue weighted by molar-refractivity contribution is -0.129. The molecule has 0 unspecified atom stereocenters. The molecule has 20 heavy (non-hydrogen) atoms. The van der Waals surface area contributed by atoms with Gasteiger partial charge in [0.15, 0.2) is 5.82 Å². The molecule has 0 aliphatic carbocycles. The van der Waals surface area contributed by atoms with Gasteiger partial charge < -0.3 is 15.1 Å². The highest BCUT2D eigenvalue weighted by molar-refractivity contribution is 5.73. The molecule has 0 aromatic carbocycles. The number of carbonyl (C=O) groups excluding carboxylic acids is 1. The average Bonchev–Trinajstić information content (AvgIpc) is 2.41. The van der Waals surface area contributed by atoms with Gasteiger partial charge in [-0.25, -0.2) is 4.98 Å². The summed E-state index contributed by atoms with van der Waals surface area (Å²) < 4.78 is 0. The van der Waals surface area contributed by atoms with Crippen molar-refractivity contribution < 1.29 is 4.79 Å². The van der Waals surface area contributed by atoms with E-state index in [4.69, 9.17) is 0 Å². The van der Waals surface area contributed by atoms with Crippen LogP contribution < -0.4 is 10.2 Å². The van der Waals surface area contributed by atoms with Crippen molar-refractivity contribution in [3.63, 3.8) is 0 Å². The lowest BCUT2D eigenvalue weighted by Crippen LogP contribution is -2.41. The average molecular weight is 276 g/mol. The Bertz CT molecular complexity index is 479. The second-order valence-corrected chi connectivity index (χ2v) is 5.64. The first-order valence-electron chi connectivity index (χ1n) is 7.14. The van der Waals surface area contributed by atoms with Gasteiger partial charge >= 0.3 is 0 Å². The number of amides is 1. The summed E-state index contributed by atoms with van der Waals surface area (Å²) in [7, 11) is 4.01. The summed E-state index contributed by atoms with van der Waals surface area (Å²) in [6.45, 7) is 5.32. The second kappa shape index (κ2) is 6.11. The van der Waals surface area contributed by atoms with Crippen LogP contribution in [-0.2, 0) is 4.79 Å². The number of nitrogens with one attached hydrogen (secondary N) is 1. The Morgan fingerprint density at radius 2 is 2.00 bits per heavy atom. The largest absolute Gasteiger partial charge is 0.379 e. The van der Waals surface area contributed by atoms with Crippen LogP contribution in [0.1, 0.15) is 25.5 Å². The maximum atomic E-state index is 11.3. The van der Waals surface area contributed by atoms with Crippen LogP contribution >= 0.6 is 0 Å². The van der Waals surface area contributed by atoms with E-state index in [1.807, 2.05) is 36.9 Å². The zero-order valence-electron chi connectivity index (χ0n) is 12.8. The van der Waals surface area contributed by atoms with Gasteiger partial charge in [-0.15, -0.1) is 0 Å². The summed E-state index contributed by atoms with van der Waals surface area (Å²) in [5.41, 5.74) is 2.09. The molecule has 2 rings (SSSR count). The van der Waals surface area contributed by atoms with Gasteiger partial charge in [0.25, 0.3) is 0 Å². The highest BCUT2D eigenvalue weighted by Crippen LogP contribution is 2.25. The van der Waals surface area contributed by atoms with E-state index in [2.05, 4.69) is 16.4 Å². The Morgan fingerprint density at radius 1 is 1.35 bits per heavy atom. The van der Waals surface area contributed by atoms with Crippen molar-refractivity contribution in [2.75, 3.05) is 37.4 Å². The number of likely N-dealkylation sites (tertiary alicyclic amines) is 1. The second-order valence-electron chi connectivity index (χ2n) is 5.64. The highest BCUT2D eigenvalue weighted by Gasteiger charge is 2.21. The quantitative estimate of drug-likeness (QED) is 0.916. The van der Waals surface area contributed by atoms with Crippen LogP contribution in [-0.4, -0.2) is 49.0 Å². The van der Waals surface area contributed by atoms with Crippen LogP contribution in [0.2, 0.25) is 0 Å². The molecule has 1 aromatic heterocycles. The van der Waals surface area contributed by atoms with Crippen LogP contribution in [0.25, 0.3) is 0 Å². The summed E-state index contributed by atoms with van der Waals surface area (Å²) in [6.07, 6.45) is 1.97. The number of aromatic nitrogens is 1. The molecule has 0 spiro atoms. The number of rotatable bonds is 3. The molecule has 110 valence electrons. The van der Waals surface area contributed by atoms with Gasteiger partial charge in [0.1, 0.15) is 0 Å². The summed E-state index contributed by atoms with van der Waals surface area (Å²) in [4.78, 5) is 19.9. The Morgan fingerprint density at radius 3 is 2.55 bits per heavy atom. The highest BCUT2D eigenvalue weighted by atomic mass is 16.2. The molecular formula is C15H24N4O. The standard InChI is InChI=1S/C15H24N4O/c1-11-5-6-14(15(16-11)18(3)4)17-13-7-9-19(10-8-13)12(2)20/h5-6,13,17H,7-10H2,1-4H3. The van der Waals surface area contributed by atoms with E-state index in [0.717, 1.165) is 43.1 Å². The van der Waals surface area contributed by atoms with Crippen molar-refractivity contribution in [2.24, 2.45) is 0 Å². The third-order valence-electron chi connectivity index (χ3n) is 3.74. The maximum Gasteiger partial charge on any atom is 0.219 e. The van der Waals surface area contributed by atoms with Crippen molar-refractivity contribution in [1.82, 2.24) is 9.88 Å². The van der Waals surface area contributed by atoms with Gasteiger partial charge in [-0.05, 0) is 31.9 Å². The number of aryl methyl sites for hydroxylation is 1. The van der Waals surface area contributed by atoms with Crippen LogP contribution in [0.5, 0.6) is 0 Å². The zero-order chi connectivity index (χ0) is 14.7. The van der Waals surface area contributed by atoms with E-state index in [0.29, 0.717) is 6.04 Å². The van der Waals surface area contributed by atoms with E-state index in [9.17, 15) is 4.79 Å². The molecule has 1 aliphatic heterocycles. The monoisotopic (exact) mass is 276 g/mol. The summed E-state index contributed by atoms with van der Waals surface area (Å²) in [5.74, 6) is 1.15. The fraction of sp³-hybridized carbons (Fsp3) is 0.600. The summed E-state index contributed by atoms with van der Waals surface area (Å²) in [6, 6.07) is 4.53. The third kappa shape index (κ3) is 3.40. The first-order chi connectivity index (χ1) is 9.47. The summed E-state index contributed by atoms with van der Waals surface area (Å²) >= 11 is 0. The van der Waals surface area contributed by atoms with Crippen molar-refractivity contribution in [3.05, 3.63) is 17.8 Å². The minimum Gasteiger partial charge on any atom is -0.379 e. The normalized spacial score (nSPS) is 16.1. The number of piperidine rings is 1. The molecule has 1 N–H and O–H groups in total. The van der Waals surface area contributed by atoms with Crippen molar-refractivity contribution in [3.8, 4) is 0 Å². The van der Waals surface area contributed by atoms with E-state index in [-0.39, 0.29) is 5.91 Å². The molecular weight excluding hydrogens is 252 g/mol. The minimum absolute atomic E-state index is 0.175. The van der Waals surface area contributed by atoms with Crippen LogP contribution in [0.15, 0.2) is 12.1 Å². The number of pyridine rings is 1. The Hall–Kier alpha value is -1.78. The number of anilines is 2. The van der Waals surface area contributed by atoms with Gasteiger partial charge in [-0.1, -0.05) is 0 Å². The number of nitrogens with zero attached hydrogens (tertiary/aromatic N) is 3. The van der Waals surface area contributed by atoms with E-state index >= 15 is 0 Å². The molecule has 1 saturated heterocycles.